The minimum atomic E-state index is -1.15. The zero-order valence-electron chi connectivity index (χ0n) is 11.1. The predicted molar refractivity (Wildman–Crippen MR) is 69.1 cm³/mol. The number of unbranched alkanes of at least 4 members (excludes halogenated alkanes) is 1. The molecule has 0 bridgehead atoms. The Morgan fingerprint density at radius 3 is 2.44 bits per heavy atom. The summed E-state index contributed by atoms with van der Waals surface area (Å²) in [6, 6.07) is -0.945. The fourth-order valence-electron chi connectivity index (χ4n) is 1.55. The van der Waals surface area contributed by atoms with Crippen LogP contribution in [0.5, 0.6) is 0 Å². The monoisotopic (exact) mass is 257 g/mol. The smallest absolute Gasteiger partial charge is 0.326 e. The number of carbonyl (C=O) groups excluding carboxylic acids is 1. The van der Waals surface area contributed by atoms with Gasteiger partial charge in [-0.2, -0.15) is 0 Å². The zero-order valence-corrected chi connectivity index (χ0v) is 11.1. The standard InChI is InChI=1S/C13H23NO4/c1-4-5-6-7-10(13(17)18)14-12(16)11(15)8-9(2)3/h4,9-11,15H,1,5-8H2,2-3H3,(H,14,16)(H,17,18)/t10-,11-/m1/s1. The number of hydrogen-bond acceptors (Lipinski definition) is 3. The minimum Gasteiger partial charge on any atom is -0.480 e. The van der Waals surface area contributed by atoms with E-state index in [9.17, 15) is 14.7 Å². The summed E-state index contributed by atoms with van der Waals surface area (Å²) >= 11 is 0. The van der Waals surface area contributed by atoms with Crippen molar-refractivity contribution in [2.75, 3.05) is 0 Å². The van der Waals surface area contributed by atoms with Gasteiger partial charge in [-0.05, 0) is 31.6 Å². The van der Waals surface area contributed by atoms with Gasteiger partial charge in [-0.3, -0.25) is 4.79 Å². The second kappa shape index (κ2) is 8.69. The van der Waals surface area contributed by atoms with E-state index in [1.54, 1.807) is 6.08 Å². The number of hydrogen-bond donors (Lipinski definition) is 3. The Morgan fingerprint density at radius 2 is 2.00 bits per heavy atom. The fourth-order valence-corrected chi connectivity index (χ4v) is 1.55. The molecule has 0 aliphatic rings. The summed E-state index contributed by atoms with van der Waals surface area (Å²) in [5.41, 5.74) is 0. The number of aliphatic hydroxyl groups is 1. The second-order valence-corrected chi connectivity index (χ2v) is 4.76. The quantitative estimate of drug-likeness (QED) is 0.429. The van der Waals surface area contributed by atoms with E-state index in [1.165, 1.54) is 0 Å². The average Bonchev–Trinajstić information content (AvgIpc) is 2.26. The van der Waals surface area contributed by atoms with Gasteiger partial charge in [0.05, 0.1) is 0 Å². The van der Waals surface area contributed by atoms with Crippen LogP contribution in [-0.2, 0) is 9.59 Å². The summed E-state index contributed by atoms with van der Waals surface area (Å²) < 4.78 is 0. The Kier molecular flexibility index (Phi) is 8.03. The third kappa shape index (κ3) is 7.06. The predicted octanol–water partition coefficient (Wildman–Crippen LogP) is 1.32. The number of carboxylic acids is 1. The van der Waals surface area contributed by atoms with Crippen molar-refractivity contribution in [2.45, 2.75) is 51.7 Å². The van der Waals surface area contributed by atoms with Crippen molar-refractivity contribution < 1.29 is 19.8 Å². The Hall–Kier alpha value is -1.36. The molecule has 5 nitrogen and oxygen atoms in total. The largest absolute Gasteiger partial charge is 0.480 e. The Morgan fingerprint density at radius 1 is 1.39 bits per heavy atom. The lowest BCUT2D eigenvalue weighted by atomic mass is 10.0. The van der Waals surface area contributed by atoms with E-state index in [0.717, 1.165) is 0 Å². The van der Waals surface area contributed by atoms with Crippen LogP contribution in [0, 0.1) is 5.92 Å². The van der Waals surface area contributed by atoms with E-state index < -0.39 is 24.0 Å². The van der Waals surface area contributed by atoms with Crippen molar-refractivity contribution in [1.82, 2.24) is 5.32 Å². The van der Waals surface area contributed by atoms with Crippen molar-refractivity contribution in [3.63, 3.8) is 0 Å². The van der Waals surface area contributed by atoms with Crippen LogP contribution >= 0.6 is 0 Å². The molecule has 1 amide bonds. The Balaban J connectivity index is 4.26. The molecule has 0 aliphatic carbocycles. The molecule has 0 rings (SSSR count). The minimum absolute atomic E-state index is 0.176. The summed E-state index contributed by atoms with van der Waals surface area (Å²) in [7, 11) is 0. The van der Waals surface area contributed by atoms with Crippen LogP contribution in [0.15, 0.2) is 12.7 Å². The third-order valence-electron chi connectivity index (χ3n) is 2.51. The molecule has 5 heteroatoms. The number of amides is 1. The molecular formula is C13H23NO4. The maximum atomic E-state index is 11.6. The van der Waals surface area contributed by atoms with Gasteiger partial charge in [0, 0.05) is 0 Å². The summed E-state index contributed by atoms with van der Waals surface area (Å²) in [5.74, 6) is -1.52. The molecule has 0 aromatic heterocycles. The molecular weight excluding hydrogens is 234 g/mol. The number of nitrogens with one attached hydrogen (secondary N) is 1. The number of rotatable bonds is 9. The Bertz CT molecular complexity index is 289. The highest BCUT2D eigenvalue weighted by molar-refractivity contribution is 5.86. The van der Waals surface area contributed by atoms with Crippen LogP contribution in [0.2, 0.25) is 0 Å². The number of carboxylic acid groups (broad SMARTS) is 1. The maximum absolute atomic E-state index is 11.6. The number of aliphatic hydroxyl groups excluding tert-OH is 1. The van der Waals surface area contributed by atoms with E-state index in [1.807, 2.05) is 13.8 Å². The lowest BCUT2D eigenvalue weighted by Crippen LogP contribution is -2.45. The topological polar surface area (TPSA) is 86.6 Å². The molecule has 0 fully saturated rings. The number of allylic oxidation sites excluding steroid dienone is 1. The molecule has 0 aromatic rings. The first-order chi connectivity index (χ1) is 8.38. The molecule has 0 heterocycles. The molecule has 3 N–H and O–H groups in total. The van der Waals surface area contributed by atoms with E-state index in [4.69, 9.17) is 5.11 Å². The normalized spacial score (nSPS) is 14.0. The van der Waals surface area contributed by atoms with Crippen molar-refractivity contribution in [3.8, 4) is 0 Å². The molecule has 0 saturated carbocycles. The molecule has 2 atom stereocenters. The SMILES string of the molecule is C=CCCC[C@@H](NC(=O)[C@H](O)CC(C)C)C(=O)O. The lowest BCUT2D eigenvalue weighted by molar-refractivity contribution is -0.143. The first-order valence-corrected chi connectivity index (χ1v) is 6.20. The van der Waals surface area contributed by atoms with E-state index in [0.29, 0.717) is 25.7 Å². The number of aliphatic carboxylic acids is 1. The van der Waals surface area contributed by atoms with E-state index in [-0.39, 0.29) is 5.92 Å². The highest BCUT2D eigenvalue weighted by Gasteiger charge is 2.23. The van der Waals surface area contributed by atoms with Gasteiger partial charge < -0.3 is 15.5 Å². The van der Waals surface area contributed by atoms with Gasteiger partial charge in [-0.25, -0.2) is 4.79 Å². The van der Waals surface area contributed by atoms with Crippen molar-refractivity contribution >= 4 is 11.9 Å². The van der Waals surface area contributed by atoms with Gasteiger partial charge in [0.1, 0.15) is 12.1 Å². The van der Waals surface area contributed by atoms with E-state index in [2.05, 4.69) is 11.9 Å². The van der Waals surface area contributed by atoms with Gasteiger partial charge in [0.15, 0.2) is 0 Å². The van der Waals surface area contributed by atoms with Crippen LogP contribution in [0.25, 0.3) is 0 Å². The zero-order chi connectivity index (χ0) is 14.1. The first-order valence-electron chi connectivity index (χ1n) is 6.20. The second-order valence-electron chi connectivity index (χ2n) is 4.76. The number of carbonyl (C=O) groups is 2. The third-order valence-corrected chi connectivity index (χ3v) is 2.51. The van der Waals surface area contributed by atoms with Crippen LogP contribution in [0.3, 0.4) is 0 Å². The molecule has 0 aliphatic heterocycles. The van der Waals surface area contributed by atoms with Crippen molar-refractivity contribution in [2.24, 2.45) is 5.92 Å². The summed E-state index contributed by atoms with van der Waals surface area (Å²) in [5, 5.41) is 20.9. The van der Waals surface area contributed by atoms with Gasteiger partial charge in [0.25, 0.3) is 0 Å². The molecule has 0 unspecified atom stereocenters. The molecule has 104 valence electrons. The molecule has 0 spiro atoms. The van der Waals surface area contributed by atoms with Gasteiger partial charge >= 0.3 is 5.97 Å². The summed E-state index contributed by atoms with van der Waals surface area (Å²) in [6.45, 7) is 7.32. The van der Waals surface area contributed by atoms with Gasteiger partial charge in [-0.15, -0.1) is 6.58 Å². The van der Waals surface area contributed by atoms with Crippen LogP contribution < -0.4 is 5.32 Å². The average molecular weight is 257 g/mol. The highest BCUT2D eigenvalue weighted by atomic mass is 16.4. The van der Waals surface area contributed by atoms with Crippen LogP contribution in [0.1, 0.15) is 39.5 Å². The van der Waals surface area contributed by atoms with Crippen LogP contribution in [0.4, 0.5) is 0 Å². The highest BCUT2D eigenvalue weighted by Crippen LogP contribution is 2.07. The summed E-state index contributed by atoms with van der Waals surface area (Å²) in [6.07, 6.45) is 2.56. The summed E-state index contributed by atoms with van der Waals surface area (Å²) in [4.78, 5) is 22.5. The van der Waals surface area contributed by atoms with Gasteiger partial charge in [-0.1, -0.05) is 19.9 Å². The fraction of sp³-hybridized carbons (Fsp3) is 0.692. The Labute approximate surface area is 108 Å². The maximum Gasteiger partial charge on any atom is 0.326 e. The molecule has 18 heavy (non-hydrogen) atoms. The van der Waals surface area contributed by atoms with Gasteiger partial charge in [0.2, 0.25) is 5.91 Å². The van der Waals surface area contributed by atoms with Crippen molar-refractivity contribution in [1.29, 1.82) is 0 Å². The molecule has 0 radical (unpaired) electrons. The lowest BCUT2D eigenvalue weighted by Gasteiger charge is -2.18. The molecule has 0 saturated heterocycles. The van der Waals surface area contributed by atoms with Crippen molar-refractivity contribution in [3.05, 3.63) is 12.7 Å². The van der Waals surface area contributed by atoms with E-state index >= 15 is 0 Å². The molecule has 0 aromatic carbocycles. The first kappa shape index (κ1) is 16.6. The van der Waals surface area contributed by atoms with Crippen LogP contribution in [-0.4, -0.2) is 34.2 Å².